The number of benzene rings is 1. The molecule has 0 aromatic heterocycles. The molecule has 0 radical (unpaired) electrons. The first-order valence-electron chi connectivity index (χ1n) is 10.3. The van der Waals surface area contributed by atoms with Crippen LogP contribution in [0.4, 0.5) is 4.79 Å². The number of hydrogen-bond donors (Lipinski definition) is 1. The van der Waals surface area contributed by atoms with Gasteiger partial charge in [0.25, 0.3) is 0 Å². The van der Waals surface area contributed by atoms with Gasteiger partial charge in [0.15, 0.2) is 0 Å². The van der Waals surface area contributed by atoms with Gasteiger partial charge in [0.2, 0.25) is 10.0 Å². The summed E-state index contributed by atoms with van der Waals surface area (Å²) in [6, 6.07) is 8.84. The minimum atomic E-state index is -3.45. The third-order valence-electron chi connectivity index (χ3n) is 5.06. The molecule has 2 atom stereocenters. The van der Waals surface area contributed by atoms with E-state index in [1.165, 1.54) is 0 Å². The molecule has 31 heavy (non-hydrogen) atoms. The first-order chi connectivity index (χ1) is 14.5. The number of rotatable bonds is 6. The van der Waals surface area contributed by atoms with Crippen LogP contribution in [0.5, 0.6) is 0 Å². The quantitative estimate of drug-likeness (QED) is 0.695. The lowest BCUT2D eigenvalue weighted by Crippen LogP contribution is -2.61. The molecule has 2 fully saturated rings. The SMILES string of the molecule is CC(C)(C)OC(=O)N1CC2CN(CCS(=O)(=O)NCc3ccc(C#N)cc3)CC(C1)O2. The van der Waals surface area contributed by atoms with Crippen molar-refractivity contribution < 1.29 is 22.7 Å². The van der Waals surface area contributed by atoms with E-state index in [1.807, 2.05) is 26.8 Å². The Bertz CT molecular complexity index is 907. The largest absolute Gasteiger partial charge is 0.444 e. The minimum absolute atomic E-state index is 0.0154. The first kappa shape index (κ1) is 23.5. The van der Waals surface area contributed by atoms with Crippen LogP contribution in [0.3, 0.4) is 0 Å². The van der Waals surface area contributed by atoms with E-state index < -0.39 is 15.6 Å². The molecule has 3 rings (SSSR count). The standard InChI is InChI=1S/C21H30N4O5S/c1-21(2,3)30-20(26)25-14-18-12-24(13-19(15-25)29-18)8-9-31(27,28)23-11-17-6-4-16(10-22)5-7-17/h4-7,18-19,23H,8-9,11-15H2,1-3H3. The Hall–Kier alpha value is -2.19. The number of hydrogen-bond acceptors (Lipinski definition) is 7. The van der Waals surface area contributed by atoms with E-state index in [0.29, 0.717) is 38.3 Å². The highest BCUT2D eigenvalue weighted by Crippen LogP contribution is 2.21. The van der Waals surface area contributed by atoms with Crippen LogP contribution < -0.4 is 4.72 Å². The smallest absolute Gasteiger partial charge is 0.410 e. The summed E-state index contributed by atoms with van der Waals surface area (Å²) in [5.41, 5.74) is 0.788. The van der Waals surface area contributed by atoms with E-state index in [-0.39, 0.29) is 30.6 Å². The summed E-state index contributed by atoms with van der Waals surface area (Å²) in [5, 5.41) is 8.83. The maximum Gasteiger partial charge on any atom is 0.410 e. The fourth-order valence-electron chi connectivity index (χ4n) is 3.65. The van der Waals surface area contributed by atoms with Gasteiger partial charge in [-0.3, -0.25) is 4.90 Å². The van der Waals surface area contributed by atoms with Gasteiger partial charge in [-0.2, -0.15) is 5.26 Å². The molecule has 2 unspecified atom stereocenters. The topological polar surface area (TPSA) is 112 Å². The molecule has 2 aliphatic rings. The molecule has 2 saturated heterocycles. The molecule has 0 spiro atoms. The van der Waals surface area contributed by atoms with Gasteiger partial charge in [-0.1, -0.05) is 12.1 Å². The van der Waals surface area contributed by atoms with Crippen LogP contribution in [0.1, 0.15) is 31.9 Å². The lowest BCUT2D eigenvalue weighted by molar-refractivity contribution is -0.135. The predicted molar refractivity (Wildman–Crippen MR) is 115 cm³/mol. The van der Waals surface area contributed by atoms with Gasteiger partial charge in [0.1, 0.15) is 5.60 Å². The van der Waals surface area contributed by atoms with Gasteiger partial charge < -0.3 is 14.4 Å². The van der Waals surface area contributed by atoms with E-state index in [1.54, 1.807) is 29.2 Å². The molecule has 170 valence electrons. The second kappa shape index (κ2) is 9.53. The Morgan fingerprint density at radius 2 is 1.81 bits per heavy atom. The molecule has 2 bridgehead atoms. The average molecular weight is 451 g/mol. The van der Waals surface area contributed by atoms with Crippen LogP contribution in [0.25, 0.3) is 0 Å². The number of carbonyl (C=O) groups is 1. The van der Waals surface area contributed by atoms with E-state index in [4.69, 9.17) is 14.7 Å². The number of nitrogens with zero attached hydrogens (tertiary/aromatic N) is 3. The fourth-order valence-corrected chi connectivity index (χ4v) is 4.68. The molecule has 2 aliphatic heterocycles. The molecule has 0 saturated carbocycles. The summed E-state index contributed by atoms with van der Waals surface area (Å²) in [5.74, 6) is -0.0154. The van der Waals surface area contributed by atoms with Gasteiger partial charge in [-0.05, 0) is 38.5 Å². The van der Waals surface area contributed by atoms with Crippen molar-refractivity contribution in [2.45, 2.75) is 45.1 Å². The van der Waals surface area contributed by atoms with Crippen molar-refractivity contribution in [1.82, 2.24) is 14.5 Å². The summed E-state index contributed by atoms with van der Waals surface area (Å²) in [7, 11) is -3.45. The summed E-state index contributed by atoms with van der Waals surface area (Å²) in [4.78, 5) is 16.1. The highest BCUT2D eigenvalue weighted by molar-refractivity contribution is 7.89. The zero-order chi connectivity index (χ0) is 22.6. The zero-order valence-corrected chi connectivity index (χ0v) is 19.0. The number of amides is 1. The highest BCUT2D eigenvalue weighted by Gasteiger charge is 2.38. The lowest BCUT2D eigenvalue weighted by atomic mass is 10.1. The molecule has 10 heteroatoms. The van der Waals surface area contributed by atoms with Crippen molar-refractivity contribution in [2.24, 2.45) is 0 Å². The molecule has 0 aliphatic carbocycles. The maximum absolute atomic E-state index is 12.4. The van der Waals surface area contributed by atoms with Crippen molar-refractivity contribution in [3.05, 3.63) is 35.4 Å². The number of fused-ring (bicyclic) bond motifs is 2. The second-order valence-electron chi connectivity index (χ2n) is 8.97. The third kappa shape index (κ3) is 7.18. The molecule has 1 aromatic rings. The van der Waals surface area contributed by atoms with E-state index in [9.17, 15) is 13.2 Å². The molecule has 1 N–H and O–H groups in total. The van der Waals surface area contributed by atoms with Gasteiger partial charge in [-0.15, -0.1) is 0 Å². The van der Waals surface area contributed by atoms with Crippen molar-refractivity contribution in [3.8, 4) is 6.07 Å². The Balaban J connectivity index is 1.45. The number of nitriles is 1. The van der Waals surface area contributed by atoms with Gasteiger partial charge >= 0.3 is 6.09 Å². The Labute approximate surface area is 184 Å². The number of ether oxygens (including phenoxy) is 2. The van der Waals surface area contributed by atoms with Gasteiger partial charge in [0.05, 0.1) is 42.7 Å². The predicted octanol–water partition coefficient (Wildman–Crippen LogP) is 1.30. The third-order valence-corrected chi connectivity index (χ3v) is 6.37. The Morgan fingerprint density at radius 1 is 1.19 bits per heavy atom. The number of nitrogens with one attached hydrogen (secondary N) is 1. The number of carbonyl (C=O) groups excluding carboxylic acids is 1. The number of sulfonamides is 1. The highest BCUT2D eigenvalue weighted by atomic mass is 32.2. The molecule has 1 amide bonds. The fraction of sp³-hybridized carbons (Fsp3) is 0.619. The lowest BCUT2D eigenvalue weighted by Gasteiger charge is -2.45. The number of morpholine rings is 2. The normalized spacial score (nSPS) is 22.1. The molecule has 2 heterocycles. The van der Waals surface area contributed by atoms with Crippen molar-refractivity contribution in [3.63, 3.8) is 0 Å². The van der Waals surface area contributed by atoms with Crippen LogP contribution in [-0.2, 0) is 26.0 Å². The molecule has 1 aromatic carbocycles. The molecule has 9 nitrogen and oxygen atoms in total. The summed E-state index contributed by atoms with van der Waals surface area (Å²) < 4.78 is 38.8. The maximum atomic E-state index is 12.4. The van der Waals surface area contributed by atoms with E-state index >= 15 is 0 Å². The van der Waals surface area contributed by atoms with Gasteiger partial charge in [-0.25, -0.2) is 17.9 Å². The van der Waals surface area contributed by atoms with Crippen molar-refractivity contribution in [1.29, 1.82) is 5.26 Å². The van der Waals surface area contributed by atoms with Crippen molar-refractivity contribution >= 4 is 16.1 Å². The van der Waals surface area contributed by atoms with Crippen LogP contribution in [0.15, 0.2) is 24.3 Å². The average Bonchev–Trinajstić information content (AvgIpc) is 2.69. The summed E-state index contributed by atoms with van der Waals surface area (Å²) in [6.07, 6.45) is -0.655. The summed E-state index contributed by atoms with van der Waals surface area (Å²) >= 11 is 0. The molecular formula is C21H30N4O5S. The van der Waals surface area contributed by atoms with Crippen LogP contribution in [0, 0.1) is 11.3 Å². The Morgan fingerprint density at radius 3 is 2.35 bits per heavy atom. The summed E-state index contributed by atoms with van der Waals surface area (Å²) in [6.45, 7) is 8.11. The van der Waals surface area contributed by atoms with Crippen LogP contribution in [-0.4, -0.2) is 80.6 Å². The zero-order valence-electron chi connectivity index (χ0n) is 18.2. The minimum Gasteiger partial charge on any atom is -0.444 e. The van der Waals surface area contributed by atoms with Gasteiger partial charge in [0, 0.05) is 26.2 Å². The van der Waals surface area contributed by atoms with E-state index in [2.05, 4.69) is 9.62 Å². The monoisotopic (exact) mass is 450 g/mol. The second-order valence-corrected chi connectivity index (χ2v) is 10.9. The van der Waals surface area contributed by atoms with E-state index in [0.717, 1.165) is 5.56 Å². The van der Waals surface area contributed by atoms with Crippen LogP contribution >= 0.6 is 0 Å². The van der Waals surface area contributed by atoms with Crippen molar-refractivity contribution in [2.75, 3.05) is 38.5 Å². The molecular weight excluding hydrogens is 420 g/mol. The van der Waals surface area contributed by atoms with Crippen LogP contribution in [0.2, 0.25) is 0 Å². The Kier molecular flexibility index (Phi) is 7.21. The first-order valence-corrected chi connectivity index (χ1v) is 12.0.